The Morgan fingerprint density at radius 3 is 2.57 bits per heavy atom. The number of fused-ring (bicyclic) bond motifs is 1. The Balaban J connectivity index is 1.71. The Labute approximate surface area is 221 Å². The third kappa shape index (κ3) is 7.01. The lowest BCUT2D eigenvalue weighted by Gasteiger charge is -2.24. The number of hydrogen-bond acceptors (Lipinski definition) is 8. The number of aromatic nitrogens is 3. The van der Waals surface area contributed by atoms with Gasteiger partial charge in [-0.15, -0.1) is 0 Å². The van der Waals surface area contributed by atoms with Crippen LogP contribution in [0.15, 0.2) is 30.5 Å². The number of nitrogen functional groups attached to an aromatic ring is 1. The number of nitrogens with one attached hydrogen (secondary N) is 1. The summed E-state index contributed by atoms with van der Waals surface area (Å²) in [5.41, 5.74) is 7.78. The fourth-order valence-electron chi connectivity index (χ4n) is 3.82. The number of amides is 2. The molecule has 2 heterocycles. The van der Waals surface area contributed by atoms with Gasteiger partial charge in [0.15, 0.2) is 16.5 Å². The van der Waals surface area contributed by atoms with Crippen molar-refractivity contribution in [3.05, 3.63) is 46.9 Å². The lowest BCUT2D eigenvalue weighted by Crippen LogP contribution is -2.41. The molecule has 0 bridgehead atoms. The van der Waals surface area contributed by atoms with E-state index in [9.17, 15) is 9.59 Å². The second kappa shape index (κ2) is 11.2. The van der Waals surface area contributed by atoms with Gasteiger partial charge in [-0.05, 0) is 52.4 Å². The average molecular weight is 532 g/mol. The number of hydrogen-bond donors (Lipinski definition) is 2. The van der Waals surface area contributed by atoms with Gasteiger partial charge < -0.3 is 25.4 Å². The number of methoxy groups -OCH3 is 1. The summed E-state index contributed by atoms with van der Waals surface area (Å²) in [5, 5.41) is 7.29. The van der Waals surface area contributed by atoms with Crippen LogP contribution in [0, 0.1) is 0 Å². The molecular formula is C25H34ClN7O4. The second-order valence-corrected chi connectivity index (χ2v) is 10.3. The van der Waals surface area contributed by atoms with E-state index in [1.165, 1.54) is 21.7 Å². The SMILES string of the molecule is COc1ccc(CN(C)CC(C)NC(=O)c2cnc3c(N(C)C(=O)OC(C)(C)C)cc(Cl)nn23)cc1N. The van der Waals surface area contributed by atoms with Gasteiger partial charge in [-0.25, -0.2) is 14.3 Å². The molecule has 0 aliphatic rings. The Morgan fingerprint density at radius 2 is 1.95 bits per heavy atom. The smallest absolute Gasteiger partial charge is 0.414 e. The van der Waals surface area contributed by atoms with Crippen LogP contribution in [0.3, 0.4) is 0 Å². The van der Waals surface area contributed by atoms with E-state index in [-0.39, 0.29) is 22.8 Å². The third-order valence-electron chi connectivity index (χ3n) is 5.39. The van der Waals surface area contributed by atoms with E-state index in [0.717, 1.165) is 5.56 Å². The van der Waals surface area contributed by atoms with Crippen LogP contribution in [0.4, 0.5) is 16.2 Å². The van der Waals surface area contributed by atoms with Gasteiger partial charge in [0.2, 0.25) is 0 Å². The molecule has 3 rings (SSSR count). The average Bonchev–Trinajstić information content (AvgIpc) is 3.20. The van der Waals surface area contributed by atoms with Gasteiger partial charge in [-0.1, -0.05) is 17.7 Å². The standard InChI is InChI=1S/C25H34ClN7O4/c1-15(13-31(5)14-16-8-9-20(36-7)17(27)10-16)29-23(34)19-12-28-22-18(11-21(26)30-33(19)22)32(6)24(35)37-25(2,3)4/h8-12,15H,13-14,27H2,1-7H3,(H,29,34). The van der Waals surface area contributed by atoms with E-state index in [2.05, 4.69) is 20.3 Å². The first-order valence-corrected chi connectivity index (χ1v) is 12.1. The lowest BCUT2D eigenvalue weighted by atomic mass is 10.1. The molecule has 1 atom stereocenters. The van der Waals surface area contributed by atoms with Crippen LogP contribution in [-0.4, -0.2) is 70.9 Å². The number of carbonyl (C=O) groups is 2. The summed E-state index contributed by atoms with van der Waals surface area (Å²) in [4.78, 5) is 33.4. The lowest BCUT2D eigenvalue weighted by molar-refractivity contribution is 0.0589. The zero-order valence-corrected chi connectivity index (χ0v) is 23.0. The molecule has 0 aliphatic heterocycles. The molecule has 1 aromatic carbocycles. The molecule has 0 fully saturated rings. The molecule has 0 spiro atoms. The van der Waals surface area contributed by atoms with Crippen molar-refractivity contribution in [2.45, 2.75) is 45.9 Å². The molecule has 0 saturated heterocycles. The molecule has 200 valence electrons. The maximum absolute atomic E-state index is 13.1. The monoisotopic (exact) mass is 531 g/mol. The van der Waals surface area contributed by atoms with E-state index in [1.807, 2.05) is 32.2 Å². The number of halogens is 1. The molecule has 2 aromatic heterocycles. The molecule has 0 aliphatic carbocycles. The number of ether oxygens (including phenoxy) is 2. The summed E-state index contributed by atoms with van der Waals surface area (Å²) in [7, 11) is 5.08. The first-order chi connectivity index (χ1) is 17.3. The van der Waals surface area contributed by atoms with Crippen LogP contribution in [0.5, 0.6) is 5.75 Å². The Hall–Kier alpha value is -3.57. The first-order valence-electron chi connectivity index (χ1n) is 11.7. The highest BCUT2D eigenvalue weighted by molar-refractivity contribution is 6.29. The highest BCUT2D eigenvalue weighted by atomic mass is 35.5. The van der Waals surface area contributed by atoms with Crippen molar-refractivity contribution in [2.24, 2.45) is 0 Å². The number of anilines is 2. The van der Waals surface area contributed by atoms with E-state index in [0.29, 0.717) is 35.9 Å². The number of likely N-dealkylation sites (N-methyl/N-ethyl adjacent to an activating group) is 1. The summed E-state index contributed by atoms with van der Waals surface area (Å²) >= 11 is 6.23. The van der Waals surface area contributed by atoms with Crippen molar-refractivity contribution in [1.29, 1.82) is 0 Å². The first kappa shape index (κ1) is 28.0. The molecule has 3 aromatic rings. The number of rotatable bonds is 8. The molecule has 0 saturated carbocycles. The number of benzene rings is 1. The van der Waals surface area contributed by atoms with Crippen molar-refractivity contribution >= 4 is 40.6 Å². The van der Waals surface area contributed by atoms with Gasteiger partial charge in [-0.2, -0.15) is 5.10 Å². The molecule has 12 heteroatoms. The summed E-state index contributed by atoms with van der Waals surface area (Å²) < 4.78 is 12.0. The van der Waals surface area contributed by atoms with E-state index < -0.39 is 11.7 Å². The third-order valence-corrected chi connectivity index (χ3v) is 5.57. The van der Waals surface area contributed by atoms with Gasteiger partial charge >= 0.3 is 6.09 Å². The Bertz CT molecular complexity index is 1290. The molecule has 1 unspecified atom stereocenters. The molecule has 37 heavy (non-hydrogen) atoms. The van der Waals surface area contributed by atoms with Crippen LogP contribution in [0.1, 0.15) is 43.7 Å². The van der Waals surface area contributed by atoms with Crippen LogP contribution in [0.25, 0.3) is 5.65 Å². The van der Waals surface area contributed by atoms with E-state index in [1.54, 1.807) is 34.9 Å². The minimum Gasteiger partial charge on any atom is -0.495 e. The Morgan fingerprint density at radius 1 is 1.24 bits per heavy atom. The van der Waals surface area contributed by atoms with Crippen molar-refractivity contribution in [3.8, 4) is 5.75 Å². The van der Waals surface area contributed by atoms with Crippen LogP contribution in [-0.2, 0) is 11.3 Å². The van der Waals surface area contributed by atoms with Crippen LogP contribution in [0.2, 0.25) is 5.15 Å². The van der Waals surface area contributed by atoms with Crippen molar-refractivity contribution in [1.82, 2.24) is 24.8 Å². The highest BCUT2D eigenvalue weighted by Gasteiger charge is 2.25. The maximum Gasteiger partial charge on any atom is 0.414 e. The number of nitrogens with two attached hydrogens (primary N) is 1. The molecule has 3 N–H and O–H groups in total. The number of carbonyl (C=O) groups excluding carboxylic acids is 2. The molecular weight excluding hydrogens is 498 g/mol. The van der Waals surface area contributed by atoms with Gasteiger partial charge in [0.25, 0.3) is 5.91 Å². The fraction of sp³-hybridized carbons (Fsp3) is 0.440. The minimum atomic E-state index is -0.678. The van der Waals surface area contributed by atoms with E-state index >= 15 is 0 Å². The van der Waals surface area contributed by atoms with Crippen LogP contribution >= 0.6 is 11.6 Å². The van der Waals surface area contributed by atoms with Crippen LogP contribution < -0.4 is 20.7 Å². The number of imidazole rings is 1. The fourth-order valence-corrected chi connectivity index (χ4v) is 4.00. The number of nitrogens with zero attached hydrogens (tertiary/aromatic N) is 5. The van der Waals surface area contributed by atoms with Gasteiger partial charge in [0.1, 0.15) is 11.4 Å². The van der Waals surface area contributed by atoms with Crippen molar-refractivity contribution in [3.63, 3.8) is 0 Å². The van der Waals surface area contributed by atoms with Gasteiger partial charge in [-0.3, -0.25) is 9.69 Å². The second-order valence-electron chi connectivity index (χ2n) is 9.92. The minimum absolute atomic E-state index is 0.0940. The van der Waals surface area contributed by atoms with Gasteiger partial charge in [0.05, 0.1) is 24.7 Å². The summed E-state index contributed by atoms with van der Waals surface area (Å²) in [6, 6.07) is 6.97. The van der Waals surface area contributed by atoms with E-state index in [4.69, 9.17) is 26.8 Å². The zero-order valence-electron chi connectivity index (χ0n) is 22.2. The largest absolute Gasteiger partial charge is 0.495 e. The zero-order chi connectivity index (χ0) is 27.5. The predicted molar refractivity (Wildman–Crippen MR) is 143 cm³/mol. The summed E-state index contributed by atoms with van der Waals surface area (Å²) in [6.07, 6.45) is 0.817. The molecule has 11 nitrogen and oxygen atoms in total. The normalized spacial score (nSPS) is 12.5. The van der Waals surface area contributed by atoms with Crippen molar-refractivity contribution < 1.29 is 19.1 Å². The van der Waals surface area contributed by atoms with Gasteiger partial charge in [0, 0.05) is 32.2 Å². The molecule has 2 amide bonds. The molecule has 0 radical (unpaired) electrons. The quantitative estimate of drug-likeness (QED) is 0.422. The van der Waals surface area contributed by atoms with Crippen molar-refractivity contribution in [2.75, 3.05) is 38.4 Å². The predicted octanol–water partition coefficient (Wildman–Crippen LogP) is 3.60. The Kier molecular flexibility index (Phi) is 8.49. The summed E-state index contributed by atoms with van der Waals surface area (Å²) in [6.45, 7) is 8.45. The maximum atomic E-state index is 13.1. The highest BCUT2D eigenvalue weighted by Crippen LogP contribution is 2.25. The summed E-state index contributed by atoms with van der Waals surface area (Å²) in [5.74, 6) is 0.261. The topological polar surface area (TPSA) is 127 Å².